The maximum atomic E-state index is 5.89. The zero-order chi connectivity index (χ0) is 14.8. The van der Waals surface area contributed by atoms with Gasteiger partial charge in [0.25, 0.3) is 0 Å². The molecule has 3 rings (SSSR count). The maximum absolute atomic E-state index is 5.89. The highest BCUT2D eigenvalue weighted by Gasteiger charge is 2.22. The summed E-state index contributed by atoms with van der Waals surface area (Å²) in [4.78, 5) is 2.32. The molecule has 5 nitrogen and oxygen atoms in total. The summed E-state index contributed by atoms with van der Waals surface area (Å²) < 4.78 is 11.4. The van der Waals surface area contributed by atoms with Gasteiger partial charge in [0.1, 0.15) is 6.33 Å². The van der Waals surface area contributed by atoms with Gasteiger partial charge in [0, 0.05) is 24.6 Å². The predicted octanol–water partition coefficient (Wildman–Crippen LogP) is 2.74. The minimum absolute atomic E-state index is 0.102. The Kier molecular flexibility index (Phi) is 4.54. The van der Waals surface area contributed by atoms with E-state index in [1.807, 2.05) is 28.4 Å². The van der Waals surface area contributed by atoms with E-state index in [9.17, 15) is 0 Å². The van der Waals surface area contributed by atoms with Crippen LogP contribution in [-0.2, 0) is 18.5 Å². The number of halogens is 1. The van der Waals surface area contributed by atoms with Crippen molar-refractivity contribution in [2.45, 2.75) is 12.8 Å². The van der Waals surface area contributed by atoms with Crippen LogP contribution in [0.1, 0.15) is 11.7 Å². The average molecular weight is 369 g/mol. The van der Waals surface area contributed by atoms with Gasteiger partial charge >= 0.3 is 0 Å². The molecule has 0 saturated carbocycles. The van der Waals surface area contributed by atoms with Crippen molar-refractivity contribution >= 4 is 28.1 Å². The second-order valence-corrected chi connectivity index (χ2v) is 6.43. The summed E-state index contributed by atoms with van der Waals surface area (Å²) in [5.74, 6) is 0. The number of rotatable bonds is 3. The maximum Gasteiger partial charge on any atom is 0.198 e. The summed E-state index contributed by atoms with van der Waals surface area (Å²) in [6.45, 7) is 3.17. The lowest BCUT2D eigenvalue weighted by Gasteiger charge is -2.32. The number of aromatic nitrogens is 3. The van der Waals surface area contributed by atoms with Crippen LogP contribution in [0.2, 0.25) is 0 Å². The Morgan fingerprint density at radius 3 is 2.81 bits per heavy atom. The van der Waals surface area contributed by atoms with Crippen LogP contribution in [-0.4, -0.2) is 38.9 Å². The van der Waals surface area contributed by atoms with Gasteiger partial charge in [0.15, 0.2) is 4.77 Å². The first kappa shape index (κ1) is 14.9. The minimum Gasteiger partial charge on any atom is -0.371 e. The van der Waals surface area contributed by atoms with Gasteiger partial charge in [0.05, 0.1) is 19.4 Å². The molecule has 2 aromatic rings. The van der Waals surface area contributed by atoms with Gasteiger partial charge in [0.2, 0.25) is 0 Å². The van der Waals surface area contributed by atoms with Crippen molar-refractivity contribution in [3.8, 4) is 0 Å². The van der Waals surface area contributed by atoms with Crippen LogP contribution in [0.4, 0.5) is 0 Å². The standard InChI is InChI=1S/C14H17BrN4OS/c1-17-9-16-19(14(17)21)10-18-6-7-20-13(8-18)11-2-4-12(15)5-3-11/h2-5,9,13H,6-8,10H2,1H3/t13-/m1/s1. The van der Waals surface area contributed by atoms with E-state index in [1.54, 1.807) is 6.33 Å². The highest BCUT2D eigenvalue weighted by molar-refractivity contribution is 9.10. The Labute approximate surface area is 137 Å². The van der Waals surface area contributed by atoms with Crippen LogP contribution < -0.4 is 0 Å². The summed E-state index contributed by atoms with van der Waals surface area (Å²) in [6, 6.07) is 8.30. The highest BCUT2D eigenvalue weighted by atomic mass is 79.9. The van der Waals surface area contributed by atoms with Crippen LogP contribution in [0.5, 0.6) is 0 Å². The molecule has 0 aliphatic carbocycles. The Morgan fingerprint density at radius 2 is 2.14 bits per heavy atom. The minimum atomic E-state index is 0.102. The van der Waals surface area contributed by atoms with E-state index >= 15 is 0 Å². The van der Waals surface area contributed by atoms with Gasteiger partial charge < -0.3 is 9.30 Å². The fraction of sp³-hybridized carbons (Fsp3) is 0.429. The second-order valence-electron chi connectivity index (χ2n) is 5.15. The molecule has 2 heterocycles. The van der Waals surface area contributed by atoms with Crippen molar-refractivity contribution in [2.24, 2.45) is 7.05 Å². The number of hydrogen-bond donors (Lipinski definition) is 0. The summed E-state index contributed by atoms with van der Waals surface area (Å²) >= 11 is 8.79. The normalized spacial score (nSPS) is 19.8. The fourth-order valence-electron chi connectivity index (χ4n) is 2.42. The lowest BCUT2D eigenvalue weighted by Crippen LogP contribution is -2.39. The molecule has 1 aliphatic rings. The average Bonchev–Trinajstić information content (AvgIpc) is 2.80. The smallest absolute Gasteiger partial charge is 0.198 e. The van der Waals surface area contributed by atoms with Crippen LogP contribution in [0.15, 0.2) is 35.1 Å². The third-order valence-corrected chi connectivity index (χ3v) is 4.64. The topological polar surface area (TPSA) is 35.2 Å². The van der Waals surface area contributed by atoms with E-state index in [4.69, 9.17) is 17.0 Å². The van der Waals surface area contributed by atoms with Crippen LogP contribution >= 0.6 is 28.1 Å². The molecule has 0 radical (unpaired) electrons. The van der Waals surface area contributed by atoms with Gasteiger partial charge in [-0.1, -0.05) is 28.1 Å². The SMILES string of the molecule is Cn1cnn(CN2CCO[C@@H](c3ccc(Br)cc3)C2)c1=S. The summed E-state index contributed by atoms with van der Waals surface area (Å²) in [7, 11) is 1.91. The van der Waals surface area contributed by atoms with Crippen molar-refractivity contribution in [3.63, 3.8) is 0 Å². The molecule has 1 aromatic carbocycles. The lowest BCUT2D eigenvalue weighted by molar-refractivity contribution is -0.0419. The van der Waals surface area contributed by atoms with Crippen molar-refractivity contribution < 1.29 is 4.74 Å². The van der Waals surface area contributed by atoms with E-state index in [0.717, 1.165) is 28.9 Å². The quantitative estimate of drug-likeness (QED) is 0.780. The first-order valence-electron chi connectivity index (χ1n) is 6.81. The summed E-state index contributed by atoms with van der Waals surface area (Å²) in [6.07, 6.45) is 1.85. The second kappa shape index (κ2) is 6.39. The van der Waals surface area contributed by atoms with E-state index in [1.165, 1.54) is 5.56 Å². The number of aryl methyl sites for hydroxylation is 1. The first-order valence-corrected chi connectivity index (χ1v) is 8.01. The van der Waals surface area contributed by atoms with Crippen molar-refractivity contribution in [3.05, 3.63) is 45.4 Å². The zero-order valence-electron chi connectivity index (χ0n) is 11.8. The number of nitrogens with zero attached hydrogens (tertiary/aromatic N) is 4. The molecule has 0 bridgehead atoms. The highest BCUT2D eigenvalue weighted by Crippen LogP contribution is 2.24. The molecule has 1 aliphatic heterocycles. The van der Waals surface area contributed by atoms with Crippen LogP contribution in [0.3, 0.4) is 0 Å². The molecule has 1 saturated heterocycles. The molecule has 0 N–H and O–H groups in total. The number of benzene rings is 1. The molecule has 0 amide bonds. The molecule has 0 spiro atoms. The number of hydrogen-bond acceptors (Lipinski definition) is 4. The molecular weight excluding hydrogens is 352 g/mol. The lowest BCUT2D eigenvalue weighted by atomic mass is 10.1. The molecule has 112 valence electrons. The van der Waals surface area contributed by atoms with Crippen LogP contribution in [0.25, 0.3) is 0 Å². The van der Waals surface area contributed by atoms with E-state index < -0.39 is 0 Å². The Bertz CT molecular complexity index is 666. The van der Waals surface area contributed by atoms with Crippen molar-refractivity contribution in [1.82, 2.24) is 19.2 Å². The van der Waals surface area contributed by atoms with Gasteiger partial charge in [-0.2, -0.15) is 5.10 Å². The van der Waals surface area contributed by atoms with Gasteiger partial charge in [-0.3, -0.25) is 4.90 Å². The van der Waals surface area contributed by atoms with Gasteiger partial charge in [-0.05, 0) is 29.9 Å². The Hall–Kier alpha value is -1.02. The first-order chi connectivity index (χ1) is 10.1. The zero-order valence-corrected chi connectivity index (χ0v) is 14.2. The predicted molar refractivity (Wildman–Crippen MR) is 86.4 cm³/mol. The van der Waals surface area contributed by atoms with Crippen molar-refractivity contribution in [2.75, 3.05) is 19.7 Å². The molecule has 1 aromatic heterocycles. The van der Waals surface area contributed by atoms with Gasteiger partial charge in [-0.25, -0.2) is 4.68 Å². The summed E-state index contributed by atoms with van der Waals surface area (Å²) in [5.41, 5.74) is 1.20. The summed E-state index contributed by atoms with van der Waals surface area (Å²) in [5, 5.41) is 4.31. The Balaban J connectivity index is 1.69. The van der Waals surface area contributed by atoms with E-state index in [-0.39, 0.29) is 6.10 Å². The van der Waals surface area contributed by atoms with Crippen molar-refractivity contribution in [1.29, 1.82) is 0 Å². The molecular formula is C14H17BrN4OS. The largest absolute Gasteiger partial charge is 0.371 e. The molecule has 0 unspecified atom stereocenters. The Morgan fingerprint density at radius 1 is 1.38 bits per heavy atom. The molecule has 7 heteroatoms. The monoisotopic (exact) mass is 368 g/mol. The van der Waals surface area contributed by atoms with Crippen LogP contribution in [0, 0.1) is 4.77 Å². The molecule has 1 atom stereocenters. The third-order valence-electron chi connectivity index (χ3n) is 3.61. The van der Waals surface area contributed by atoms with Gasteiger partial charge in [-0.15, -0.1) is 0 Å². The third kappa shape index (κ3) is 3.42. The fourth-order valence-corrected chi connectivity index (χ4v) is 2.83. The van der Waals surface area contributed by atoms with E-state index in [0.29, 0.717) is 6.67 Å². The molecule has 21 heavy (non-hydrogen) atoms. The van der Waals surface area contributed by atoms with E-state index in [2.05, 4.69) is 38.1 Å². The number of morpholine rings is 1. The molecule has 1 fully saturated rings. The number of ether oxygens (including phenoxy) is 1.